The van der Waals surface area contributed by atoms with Crippen LogP contribution in [0, 0.1) is 6.92 Å². The topological polar surface area (TPSA) is 45.4 Å². The van der Waals surface area contributed by atoms with Crippen LogP contribution in [0.3, 0.4) is 0 Å². The summed E-state index contributed by atoms with van der Waals surface area (Å²) in [6.45, 7) is 7.23. The molecule has 4 heterocycles. The summed E-state index contributed by atoms with van der Waals surface area (Å²) in [7, 11) is 0. The molecule has 0 aromatic carbocycles. The quantitative estimate of drug-likeness (QED) is 0.871. The molecule has 0 aliphatic carbocycles. The molecule has 5 heteroatoms. The maximum Gasteiger partial charge on any atom is 0.135 e. The molecule has 2 aliphatic rings. The minimum atomic E-state index is 0.883. The first-order valence-electron chi connectivity index (χ1n) is 8.65. The number of rotatable bonds is 3. The number of fused-ring (bicyclic) bond motifs is 1. The summed E-state index contributed by atoms with van der Waals surface area (Å²) in [4.78, 5) is 14.1. The lowest BCUT2D eigenvalue weighted by atomic mass is 10.1. The van der Waals surface area contributed by atoms with Crippen LogP contribution in [-0.4, -0.2) is 41.0 Å². The van der Waals surface area contributed by atoms with Gasteiger partial charge in [0.25, 0.3) is 0 Å². The molecule has 0 bridgehead atoms. The number of hydrogen-bond acceptors (Lipinski definition) is 5. The summed E-state index contributed by atoms with van der Waals surface area (Å²) in [6, 6.07) is 4.13. The predicted octanol–water partition coefficient (Wildman–Crippen LogP) is 2.58. The van der Waals surface area contributed by atoms with Crippen molar-refractivity contribution in [2.24, 2.45) is 0 Å². The second-order valence-electron chi connectivity index (χ2n) is 6.61. The van der Waals surface area contributed by atoms with Crippen molar-refractivity contribution in [2.75, 3.05) is 31.1 Å². The van der Waals surface area contributed by atoms with Crippen molar-refractivity contribution in [1.82, 2.24) is 14.9 Å². The third-order valence-corrected chi connectivity index (χ3v) is 4.94. The molecule has 0 saturated carbocycles. The number of aromatic nitrogens is 2. The van der Waals surface area contributed by atoms with Crippen LogP contribution in [0.2, 0.25) is 0 Å². The SMILES string of the molecule is Cc1ccc(CN2CCc3ncnc(N4CCCC4)c3CC2)o1. The molecule has 4 rings (SSSR count). The highest BCUT2D eigenvalue weighted by Crippen LogP contribution is 2.26. The maximum absolute atomic E-state index is 5.73. The van der Waals surface area contributed by atoms with E-state index in [4.69, 9.17) is 4.42 Å². The molecule has 2 aromatic heterocycles. The number of anilines is 1. The lowest BCUT2D eigenvalue weighted by Crippen LogP contribution is -2.26. The minimum Gasteiger partial charge on any atom is -0.465 e. The van der Waals surface area contributed by atoms with Gasteiger partial charge in [-0.15, -0.1) is 0 Å². The Morgan fingerprint density at radius 2 is 1.87 bits per heavy atom. The fraction of sp³-hybridized carbons (Fsp3) is 0.556. The molecule has 2 aliphatic heterocycles. The number of furan rings is 1. The second-order valence-corrected chi connectivity index (χ2v) is 6.61. The van der Waals surface area contributed by atoms with Crippen molar-refractivity contribution in [2.45, 2.75) is 39.2 Å². The molecule has 0 unspecified atom stereocenters. The van der Waals surface area contributed by atoms with Crippen LogP contribution in [0.1, 0.15) is 35.6 Å². The molecule has 0 spiro atoms. The maximum atomic E-state index is 5.73. The molecule has 0 amide bonds. The van der Waals surface area contributed by atoms with Crippen molar-refractivity contribution in [1.29, 1.82) is 0 Å². The Morgan fingerprint density at radius 3 is 2.65 bits per heavy atom. The van der Waals surface area contributed by atoms with Gasteiger partial charge < -0.3 is 9.32 Å². The highest BCUT2D eigenvalue weighted by molar-refractivity contribution is 5.50. The fourth-order valence-corrected chi connectivity index (χ4v) is 3.71. The first-order chi connectivity index (χ1) is 11.3. The normalized spacial score (nSPS) is 18.9. The predicted molar refractivity (Wildman–Crippen MR) is 89.6 cm³/mol. The van der Waals surface area contributed by atoms with E-state index in [1.54, 1.807) is 6.33 Å². The molecule has 0 radical (unpaired) electrons. The van der Waals surface area contributed by atoms with Gasteiger partial charge in [-0.1, -0.05) is 0 Å². The number of nitrogens with zero attached hydrogens (tertiary/aromatic N) is 4. The molecule has 1 fully saturated rings. The van der Waals surface area contributed by atoms with Crippen LogP contribution in [0.15, 0.2) is 22.9 Å². The van der Waals surface area contributed by atoms with Gasteiger partial charge in [-0.25, -0.2) is 9.97 Å². The van der Waals surface area contributed by atoms with Gasteiger partial charge in [0.2, 0.25) is 0 Å². The van der Waals surface area contributed by atoms with Crippen LogP contribution in [-0.2, 0) is 19.4 Å². The largest absolute Gasteiger partial charge is 0.465 e. The lowest BCUT2D eigenvalue weighted by molar-refractivity contribution is 0.253. The molecule has 1 saturated heterocycles. The Kier molecular flexibility index (Phi) is 4.04. The van der Waals surface area contributed by atoms with Crippen molar-refractivity contribution in [3.63, 3.8) is 0 Å². The van der Waals surface area contributed by atoms with Crippen molar-refractivity contribution >= 4 is 5.82 Å². The molecule has 5 nitrogen and oxygen atoms in total. The summed E-state index contributed by atoms with van der Waals surface area (Å²) < 4.78 is 5.73. The monoisotopic (exact) mass is 312 g/mol. The van der Waals surface area contributed by atoms with E-state index in [9.17, 15) is 0 Å². The Balaban J connectivity index is 1.50. The summed E-state index contributed by atoms with van der Waals surface area (Å²) in [5, 5.41) is 0. The van der Waals surface area contributed by atoms with Crippen molar-refractivity contribution < 1.29 is 4.42 Å². The van der Waals surface area contributed by atoms with E-state index in [0.717, 1.165) is 57.1 Å². The molecular formula is C18H24N4O. The summed E-state index contributed by atoms with van der Waals surface area (Å²) in [5.74, 6) is 3.22. The van der Waals surface area contributed by atoms with Gasteiger partial charge in [0, 0.05) is 38.2 Å². The second kappa shape index (κ2) is 6.32. The third-order valence-electron chi connectivity index (χ3n) is 4.94. The van der Waals surface area contributed by atoms with Crippen LogP contribution >= 0.6 is 0 Å². The zero-order valence-corrected chi connectivity index (χ0v) is 13.8. The molecule has 0 N–H and O–H groups in total. The smallest absolute Gasteiger partial charge is 0.135 e. The van der Waals surface area contributed by atoms with Crippen LogP contribution in [0.4, 0.5) is 5.82 Å². The molecule has 2 aromatic rings. The van der Waals surface area contributed by atoms with Gasteiger partial charge >= 0.3 is 0 Å². The zero-order valence-electron chi connectivity index (χ0n) is 13.8. The highest BCUT2D eigenvalue weighted by Gasteiger charge is 2.23. The minimum absolute atomic E-state index is 0.883. The fourth-order valence-electron chi connectivity index (χ4n) is 3.71. The summed E-state index contributed by atoms with van der Waals surface area (Å²) in [6.07, 6.45) is 6.34. The average Bonchev–Trinajstić information content (AvgIpc) is 3.17. The van der Waals surface area contributed by atoms with Crippen LogP contribution < -0.4 is 4.90 Å². The van der Waals surface area contributed by atoms with E-state index < -0.39 is 0 Å². The van der Waals surface area contributed by atoms with Gasteiger partial charge in [0.05, 0.1) is 12.2 Å². The van der Waals surface area contributed by atoms with E-state index in [0.29, 0.717) is 0 Å². The van der Waals surface area contributed by atoms with Gasteiger partial charge in [0.1, 0.15) is 23.7 Å². The lowest BCUT2D eigenvalue weighted by Gasteiger charge is -2.21. The van der Waals surface area contributed by atoms with E-state index in [1.807, 2.05) is 13.0 Å². The Morgan fingerprint density at radius 1 is 1.04 bits per heavy atom. The molecule has 0 atom stereocenters. The molecular weight excluding hydrogens is 288 g/mol. The average molecular weight is 312 g/mol. The van der Waals surface area contributed by atoms with Crippen LogP contribution in [0.5, 0.6) is 0 Å². The van der Waals surface area contributed by atoms with Gasteiger partial charge in [-0.2, -0.15) is 0 Å². The van der Waals surface area contributed by atoms with E-state index in [2.05, 4.69) is 25.8 Å². The first kappa shape index (κ1) is 14.7. The highest BCUT2D eigenvalue weighted by atomic mass is 16.3. The number of aryl methyl sites for hydroxylation is 1. The van der Waals surface area contributed by atoms with Gasteiger partial charge in [-0.3, -0.25) is 4.90 Å². The zero-order chi connectivity index (χ0) is 15.6. The molecule has 23 heavy (non-hydrogen) atoms. The Labute approximate surface area is 137 Å². The van der Waals surface area contributed by atoms with E-state index in [1.165, 1.54) is 29.9 Å². The Bertz CT molecular complexity index is 675. The summed E-state index contributed by atoms with van der Waals surface area (Å²) in [5.41, 5.74) is 2.60. The van der Waals surface area contributed by atoms with Crippen LogP contribution in [0.25, 0.3) is 0 Å². The first-order valence-corrected chi connectivity index (χ1v) is 8.65. The van der Waals surface area contributed by atoms with Crippen molar-refractivity contribution in [3.8, 4) is 0 Å². The molecule has 122 valence electrons. The van der Waals surface area contributed by atoms with E-state index in [-0.39, 0.29) is 0 Å². The van der Waals surface area contributed by atoms with Gasteiger partial charge in [0.15, 0.2) is 0 Å². The van der Waals surface area contributed by atoms with E-state index >= 15 is 0 Å². The third kappa shape index (κ3) is 3.11. The van der Waals surface area contributed by atoms with Gasteiger partial charge in [-0.05, 0) is 38.3 Å². The van der Waals surface area contributed by atoms with Crippen molar-refractivity contribution in [3.05, 3.63) is 41.2 Å². The standard InChI is InChI=1S/C18H24N4O/c1-14-4-5-15(23-14)12-21-10-6-16-17(7-11-21)19-13-20-18(16)22-8-2-3-9-22/h4-5,13H,2-3,6-12H2,1H3. The number of hydrogen-bond donors (Lipinski definition) is 0. The Hall–Kier alpha value is -1.88. The summed E-state index contributed by atoms with van der Waals surface area (Å²) >= 11 is 0.